The minimum atomic E-state index is -1.22. The molecule has 0 aliphatic heterocycles. The molecule has 0 saturated heterocycles. The fourth-order valence-corrected chi connectivity index (χ4v) is 1.23. The van der Waals surface area contributed by atoms with Crippen molar-refractivity contribution in [3.63, 3.8) is 0 Å². The van der Waals surface area contributed by atoms with Gasteiger partial charge in [0.1, 0.15) is 5.82 Å². The highest BCUT2D eigenvalue weighted by Crippen LogP contribution is 2.11. The van der Waals surface area contributed by atoms with Crippen molar-refractivity contribution in [2.45, 2.75) is 20.0 Å². The Bertz CT molecular complexity index is 530. The van der Waals surface area contributed by atoms with Crippen LogP contribution in [0.2, 0.25) is 0 Å². The van der Waals surface area contributed by atoms with Gasteiger partial charge < -0.3 is 10.5 Å². The molecule has 0 spiro atoms. The summed E-state index contributed by atoms with van der Waals surface area (Å²) in [6.07, 6.45) is -1.22. The Balaban J connectivity index is 2.71. The van der Waals surface area contributed by atoms with E-state index in [1.165, 1.54) is 19.1 Å². The first-order valence-corrected chi connectivity index (χ1v) is 5.38. The van der Waals surface area contributed by atoms with E-state index in [-0.39, 0.29) is 5.56 Å². The van der Waals surface area contributed by atoms with E-state index in [1.807, 2.05) is 0 Å². The summed E-state index contributed by atoms with van der Waals surface area (Å²) in [6, 6.07) is 2.75. The number of carbonyl (C=O) groups excluding carboxylic acids is 3. The second-order valence-corrected chi connectivity index (χ2v) is 3.87. The van der Waals surface area contributed by atoms with E-state index >= 15 is 0 Å². The molecule has 7 heteroatoms. The van der Waals surface area contributed by atoms with E-state index in [9.17, 15) is 18.8 Å². The Morgan fingerprint density at radius 2 is 2.00 bits per heavy atom. The lowest BCUT2D eigenvalue weighted by Crippen LogP contribution is -2.42. The van der Waals surface area contributed by atoms with Crippen LogP contribution in [0, 0.1) is 12.7 Å². The molecule has 0 saturated carbocycles. The quantitative estimate of drug-likeness (QED) is 0.795. The number of nitrogens with two attached hydrogens (primary N) is 1. The number of esters is 1. The van der Waals surface area contributed by atoms with Crippen molar-refractivity contribution in [1.29, 1.82) is 0 Å². The number of urea groups is 1. The number of carbonyl (C=O) groups is 3. The average molecular weight is 268 g/mol. The van der Waals surface area contributed by atoms with Crippen LogP contribution in [-0.2, 0) is 9.53 Å². The van der Waals surface area contributed by atoms with E-state index in [1.54, 1.807) is 12.2 Å². The standard InChI is InChI=1S/C12H13FN2O4/c1-6-3-4-8(5-9(6)13)11(17)19-7(2)10(16)15-12(14)18/h3-5,7H,1-2H3,(H3,14,15,16,18). The maximum absolute atomic E-state index is 13.3. The summed E-state index contributed by atoms with van der Waals surface area (Å²) in [5.41, 5.74) is 5.11. The summed E-state index contributed by atoms with van der Waals surface area (Å²) < 4.78 is 18.0. The van der Waals surface area contributed by atoms with E-state index in [0.717, 1.165) is 6.07 Å². The Hall–Kier alpha value is -2.44. The minimum Gasteiger partial charge on any atom is -0.449 e. The molecule has 0 aromatic heterocycles. The number of aryl methyl sites for hydroxylation is 1. The summed E-state index contributed by atoms with van der Waals surface area (Å²) >= 11 is 0. The first-order valence-electron chi connectivity index (χ1n) is 5.38. The molecule has 1 aromatic rings. The Kier molecular flexibility index (Phi) is 4.57. The van der Waals surface area contributed by atoms with Crippen molar-refractivity contribution in [3.05, 3.63) is 35.1 Å². The van der Waals surface area contributed by atoms with Crippen molar-refractivity contribution in [3.8, 4) is 0 Å². The zero-order valence-electron chi connectivity index (χ0n) is 10.4. The first kappa shape index (κ1) is 14.6. The molecule has 0 aliphatic carbocycles. The number of benzene rings is 1. The summed E-state index contributed by atoms with van der Waals surface area (Å²) in [7, 11) is 0. The van der Waals surface area contributed by atoms with Crippen molar-refractivity contribution in [1.82, 2.24) is 5.32 Å². The molecule has 6 nitrogen and oxygen atoms in total. The van der Waals surface area contributed by atoms with Crippen LogP contribution in [-0.4, -0.2) is 24.0 Å². The summed E-state index contributed by atoms with van der Waals surface area (Å²) in [5, 5.41) is 1.77. The molecule has 102 valence electrons. The smallest absolute Gasteiger partial charge is 0.339 e. The highest BCUT2D eigenvalue weighted by atomic mass is 19.1. The van der Waals surface area contributed by atoms with Crippen LogP contribution in [0.4, 0.5) is 9.18 Å². The van der Waals surface area contributed by atoms with E-state index in [0.29, 0.717) is 5.56 Å². The molecule has 3 N–H and O–H groups in total. The fraction of sp³-hybridized carbons (Fsp3) is 0.250. The second kappa shape index (κ2) is 5.94. The third-order valence-corrected chi connectivity index (χ3v) is 2.31. The summed E-state index contributed by atoms with van der Waals surface area (Å²) in [6.45, 7) is 2.81. The topological polar surface area (TPSA) is 98.5 Å². The van der Waals surface area contributed by atoms with Gasteiger partial charge in [-0.15, -0.1) is 0 Å². The van der Waals surface area contributed by atoms with Crippen LogP contribution in [0.15, 0.2) is 18.2 Å². The van der Waals surface area contributed by atoms with Crippen LogP contribution in [0.1, 0.15) is 22.8 Å². The first-order chi connectivity index (χ1) is 8.81. The summed E-state index contributed by atoms with van der Waals surface area (Å²) in [5.74, 6) is -2.27. The van der Waals surface area contributed by atoms with Gasteiger partial charge in [0.15, 0.2) is 6.10 Å². The number of halogens is 1. The van der Waals surface area contributed by atoms with Gasteiger partial charge in [-0.1, -0.05) is 6.07 Å². The largest absolute Gasteiger partial charge is 0.449 e. The Labute approximate surface area is 108 Å². The predicted molar refractivity (Wildman–Crippen MR) is 63.7 cm³/mol. The summed E-state index contributed by atoms with van der Waals surface area (Å²) in [4.78, 5) is 33.4. The number of primary amides is 1. The predicted octanol–water partition coefficient (Wildman–Crippen LogP) is 0.874. The SMILES string of the molecule is Cc1ccc(C(=O)OC(C)C(=O)NC(N)=O)cc1F. The van der Waals surface area contributed by atoms with Crippen LogP contribution in [0.5, 0.6) is 0 Å². The number of nitrogens with one attached hydrogen (secondary N) is 1. The molecule has 0 radical (unpaired) electrons. The zero-order chi connectivity index (χ0) is 14.6. The van der Waals surface area contributed by atoms with Gasteiger partial charge in [-0.3, -0.25) is 10.1 Å². The van der Waals surface area contributed by atoms with Crippen molar-refractivity contribution in [2.24, 2.45) is 5.73 Å². The van der Waals surface area contributed by atoms with Gasteiger partial charge in [-0.25, -0.2) is 14.0 Å². The molecule has 1 unspecified atom stereocenters. The van der Waals surface area contributed by atoms with Gasteiger partial charge in [-0.2, -0.15) is 0 Å². The Morgan fingerprint density at radius 1 is 1.37 bits per heavy atom. The van der Waals surface area contributed by atoms with Gasteiger partial charge in [0.25, 0.3) is 5.91 Å². The van der Waals surface area contributed by atoms with E-state index in [4.69, 9.17) is 10.5 Å². The lowest BCUT2D eigenvalue weighted by molar-refractivity contribution is -0.127. The molecule has 1 atom stereocenters. The molecular weight excluding hydrogens is 255 g/mol. The van der Waals surface area contributed by atoms with Crippen LogP contribution >= 0.6 is 0 Å². The number of amides is 3. The molecule has 0 fully saturated rings. The highest BCUT2D eigenvalue weighted by Gasteiger charge is 2.20. The second-order valence-electron chi connectivity index (χ2n) is 3.87. The maximum atomic E-state index is 13.3. The highest BCUT2D eigenvalue weighted by molar-refractivity contribution is 5.98. The third kappa shape index (κ3) is 4.06. The molecule has 19 heavy (non-hydrogen) atoms. The normalized spacial score (nSPS) is 11.5. The molecule has 1 aromatic carbocycles. The van der Waals surface area contributed by atoms with E-state index in [2.05, 4.69) is 0 Å². The number of ether oxygens (including phenoxy) is 1. The number of imide groups is 1. The van der Waals surface area contributed by atoms with Gasteiger partial charge >= 0.3 is 12.0 Å². The molecule has 0 bridgehead atoms. The van der Waals surface area contributed by atoms with E-state index < -0.39 is 29.8 Å². The number of rotatable bonds is 3. The lowest BCUT2D eigenvalue weighted by Gasteiger charge is -2.12. The van der Waals surface area contributed by atoms with Crippen LogP contribution in [0.3, 0.4) is 0 Å². The lowest BCUT2D eigenvalue weighted by atomic mass is 10.1. The van der Waals surface area contributed by atoms with Gasteiger partial charge in [0.05, 0.1) is 5.56 Å². The van der Waals surface area contributed by atoms with Gasteiger partial charge in [-0.05, 0) is 31.5 Å². The maximum Gasteiger partial charge on any atom is 0.339 e. The average Bonchev–Trinajstić information content (AvgIpc) is 2.31. The molecule has 0 heterocycles. The fourth-order valence-electron chi connectivity index (χ4n) is 1.23. The molecule has 1 rings (SSSR count). The third-order valence-electron chi connectivity index (χ3n) is 2.31. The van der Waals surface area contributed by atoms with Crippen LogP contribution in [0.25, 0.3) is 0 Å². The van der Waals surface area contributed by atoms with Gasteiger partial charge in [0.2, 0.25) is 0 Å². The van der Waals surface area contributed by atoms with Crippen molar-refractivity contribution >= 4 is 17.9 Å². The van der Waals surface area contributed by atoms with Crippen molar-refractivity contribution < 1.29 is 23.5 Å². The van der Waals surface area contributed by atoms with Crippen LogP contribution < -0.4 is 11.1 Å². The zero-order valence-corrected chi connectivity index (χ0v) is 10.4. The minimum absolute atomic E-state index is 0.0261. The Morgan fingerprint density at radius 3 is 2.53 bits per heavy atom. The number of hydrogen-bond acceptors (Lipinski definition) is 4. The number of hydrogen-bond donors (Lipinski definition) is 2. The monoisotopic (exact) mass is 268 g/mol. The van der Waals surface area contributed by atoms with Gasteiger partial charge in [0, 0.05) is 0 Å². The molecule has 0 aliphatic rings. The molecule has 3 amide bonds. The molecular formula is C12H13FN2O4. The van der Waals surface area contributed by atoms with Crippen molar-refractivity contribution in [2.75, 3.05) is 0 Å².